The highest BCUT2D eigenvalue weighted by Gasteiger charge is 2.54. The molecular weight excluding hydrogens is 573 g/mol. The third-order valence-electron chi connectivity index (χ3n) is 6.68. The van der Waals surface area contributed by atoms with E-state index in [0.717, 1.165) is 11.8 Å². The van der Waals surface area contributed by atoms with Crippen LogP contribution in [0.25, 0.3) is 10.8 Å². The summed E-state index contributed by atoms with van der Waals surface area (Å²) in [6.07, 6.45) is -1.06. The molecule has 1 saturated heterocycles. The molecule has 0 spiro atoms. The molecule has 1 aliphatic rings. The van der Waals surface area contributed by atoms with Crippen molar-refractivity contribution in [2.45, 2.75) is 63.7 Å². The zero-order valence-electron chi connectivity index (χ0n) is 22.9. The van der Waals surface area contributed by atoms with Crippen molar-refractivity contribution in [2.24, 2.45) is 0 Å². The number of hydrogen-bond acceptors (Lipinski definition) is 10. The molecule has 1 aliphatic heterocycles. The standard InChI is InChI=1S/C27H34N3O9PS/c1-4-5-15-36-24(33)17(2)29-40(35,39-20-12-8-10-18-9-6-7-11-19(18)20)37-16-21-23(32)27(3,34)25(38-21)30-14-13-22(31)28-26(30)41/h6-14,17,21,23,25,32,34H,4-5,15-16H2,1-3H3,(H,29,35)(H,28,31,41)/t17-,21+,23?,25+,27+,40?/m0/s1. The number of aromatic amines is 1. The second-order valence-electron chi connectivity index (χ2n) is 9.95. The number of nitrogens with zero attached hydrogens (tertiary/aromatic N) is 1. The van der Waals surface area contributed by atoms with Crippen molar-refractivity contribution < 1.29 is 38.1 Å². The number of ether oxygens (including phenoxy) is 2. The molecule has 1 fully saturated rings. The van der Waals surface area contributed by atoms with Gasteiger partial charge in [-0.2, -0.15) is 5.09 Å². The second-order valence-corrected chi connectivity index (χ2v) is 12.0. The minimum Gasteiger partial charge on any atom is -0.465 e. The predicted octanol–water partition coefficient (Wildman–Crippen LogP) is 3.59. The SMILES string of the molecule is CCCCOC(=O)[C@H](C)NP(=O)(OC[C@H]1O[C@@H](n2ccc(=O)[nH]c2=S)[C@](C)(O)C1O)Oc1cccc2ccccc12. The Morgan fingerprint density at radius 2 is 2.00 bits per heavy atom. The number of aliphatic hydroxyl groups is 2. The summed E-state index contributed by atoms with van der Waals surface area (Å²) in [5, 5.41) is 26.1. The first-order valence-electron chi connectivity index (χ1n) is 13.2. The van der Waals surface area contributed by atoms with Crippen LogP contribution in [0.4, 0.5) is 0 Å². The maximum atomic E-state index is 14.1. The quantitative estimate of drug-likeness (QED) is 0.103. The molecule has 222 valence electrons. The molecule has 12 nitrogen and oxygen atoms in total. The van der Waals surface area contributed by atoms with Gasteiger partial charge in [0.2, 0.25) is 0 Å². The first-order chi connectivity index (χ1) is 19.4. The Hall–Kier alpha value is -2.90. The molecule has 0 bridgehead atoms. The number of H-pyrrole nitrogens is 1. The number of carbonyl (C=O) groups excluding carboxylic acids is 1. The number of hydrogen-bond donors (Lipinski definition) is 4. The van der Waals surface area contributed by atoms with E-state index in [2.05, 4.69) is 10.1 Å². The highest BCUT2D eigenvalue weighted by atomic mass is 32.1. The molecule has 4 rings (SSSR count). The van der Waals surface area contributed by atoms with E-state index < -0.39 is 56.0 Å². The van der Waals surface area contributed by atoms with Gasteiger partial charge >= 0.3 is 13.7 Å². The molecule has 2 aromatic carbocycles. The van der Waals surface area contributed by atoms with Gasteiger partial charge in [0.05, 0.1) is 13.2 Å². The number of fused-ring (bicyclic) bond motifs is 1. The molecule has 0 aliphatic carbocycles. The molecule has 1 aromatic heterocycles. The Balaban J connectivity index is 1.57. The van der Waals surface area contributed by atoms with Gasteiger partial charge < -0.3 is 24.2 Å². The summed E-state index contributed by atoms with van der Waals surface area (Å²) >= 11 is 5.19. The number of benzene rings is 2. The fraction of sp³-hybridized carbons (Fsp3) is 0.444. The van der Waals surface area contributed by atoms with E-state index in [1.807, 2.05) is 25.1 Å². The first kappa shape index (κ1) is 31.0. The molecule has 14 heteroatoms. The lowest BCUT2D eigenvalue weighted by molar-refractivity contribution is -0.145. The van der Waals surface area contributed by atoms with E-state index in [1.165, 1.54) is 30.7 Å². The summed E-state index contributed by atoms with van der Waals surface area (Å²) in [4.78, 5) is 26.6. The number of nitrogens with one attached hydrogen (secondary N) is 2. The first-order valence-corrected chi connectivity index (χ1v) is 15.1. The molecule has 3 aromatic rings. The number of aliphatic hydroxyl groups excluding tert-OH is 1. The van der Waals surface area contributed by atoms with Gasteiger partial charge in [-0.1, -0.05) is 49.7 Å². The van der Waals surface area contributed by atoms with E-state index in [1.54, 1.807) is 24.3 Å². The highest BCUT2D eigenvalue weighted by molar-refractivity contribution is 7.71. The maximum Gasteiger partial charge on any atom is 0.459 e. The number of aromatic nitrogens is 2. The van der Waals surface area contributed by atoms with E-state index in [4.69, 9.17) is 30.7 Å². The Kier molecular flexibility index (Phi) is 9.81. The van der Waals surface area contributed by atoms with Crippen LogP contribution in [-0.4, -0.2) is 62.8 Å². The van der Waals surface area contributed by atoms with Gasteiger partial charge in [0.1, 0.15) is 29.6 Å². The summed E-state index contributed by atoms with van der Waals surface area (Å²) < 4.78 is 38.1. The lowest BCUT2D eigenvalue weighted by Gasteiger charge is -2.28. The molecule has 41 heavy (non-hydrogen) atoms. The van der Waals surface area contributed by atoms with Crippen LogP contribution >= 0.6 is 20.0 Å². The summed E-state index contributed by atoms with van der Waals surface area (Å²) in [7, 11) is -4.32. The average Bonchev–Trinajstić information content (AvgIpc) is 3.15. The minimum absolute atomic E-state index is 0.0291. The second kappa shape index (κ2) is 13.0. The smallest absolute Gasteiger partial charge is 0.459 e. The number of unbranched alkanes of at least 4 members (excludes halogenated alkanes) is 1. The Bertz CT molecular complexity index is 1540. The molecule has 2 heterocycles. The zero-order valence-corrected chi connectivity index (χ0v) is 24.6. The molecule has 2 unspecified atom stereocenters. The van der Waals surface area contributed by atoms with Gasteiger partial charge in [-0.25, -0.2) is 4.57 Å². The van der Waals surface area contributed by atoms with Crippen LogP contribution in [0, 0.1) is 4.77 Å². The lowest BCUT2D eigenvalue weighted by atomic mass is 9.96. The lowest BCUT2D eigenvalue weighted by Crippen LogP contribution is -2.45. The largest absolute Gasteiger partial charge is 0.465 e. The van der Waals surface area contributed by atoms with Gasteiger partial charge in [-0.3, -0.25) is 23.7 Å². The number of carbonyl (C=O) groups is 1. The van der Waals surface area contributed by atoms with E-state index >= 15 is 0 Å². The van der Waals surface area contributed by atoms with Crippen molar-refractivity contribution in [3.63, 3.8) is 0 Å². The van der Waals surface area contributed by atoms with Gasteiger partial charge in [-0.15, -0.1) is 0 Å². The van der Waals surface area contributed by atoms with Gasteiger partial charge in [0.25, 0.3) is 5.56 Å². The van der Waals surface area contributed by atoms with Crippen LogP contribution in [0.5, 0.6) is 5.75 Å². The highest BCUT2D eigenvalue weighted by Crippen LogP contribution is 2.48. The van der Waals surface area contributed by atoms with Crippen molar-refractivity contribution in [3.8, 4) is 5.75 Å². The molecule has 6 atom stereocenters. The van der Waals surface area contributed by atoms with E-state index in [0.29, 0.717) is 11.8 Å². The normalized spacial score (nSPS) is 24.6. The maximum absolute atomic E-state index is 14.1. The van der Waals surface area contributed by atoms with Gasteiger partial charge in [-0.05, 0) is 43.9 Å². The molecule has 0 radical (unpaired) electrons. The van der Waals surface area contributed by atoms with Crippen molar-refractivity contribution in [1.82, 2.24) is 14.6 Å². The van der Waals surface area contributed by atoms with Crippen molar-refractivity contribution in [3.05, 3.63) is 69.9 Å². The Morgan fingerprint density at radius 3 is 2.73 bits per heavy atom. The monoisotopic (exact) mass is 607 g/mol. The van der Waals surface area contributed by atoms with Gasteiger partial charge in [0, 0.05) is 17.6 Å². The summed E-state index contributed by atoms with van der Waals surface area (Å²) in [5.41, 5.74) is -2.31. The third kappa shape index (κ3) is 7.12. The van der Waals surface area contributed by atoms with Crippen LogP contribution < -0.4 is 15.2 Å². The van der Waals surface area contributed by atoms with Gasteiger partial charge in [0.15, 0.2) is 11.0 Å². The molecule has 0 saturated carbocycles. The van der Waals surface area contributed by atoms with Crippen molar-refractivity contribution in [2.75, 3.05) is 13.2 Å². The van der Waals surface area contributed by atoms with E-state index in [9.17, 15) is 24.4 Å². The topological polar surface area (TPSA) is 161 Å². The summed E-state index contributed by atoms with van der Waals surface area (Å²) in [6.45, 7) is 4.48. The Labute approximate surface area is 241 Å². The van der Waals surface area contributed by atoms with Crippen LogP contribution in [0.2, 0.25) is 0 Å². The van der Waals surface area contributed by atoms with Crippen LogP contribution in [-0.2, 0) is 23.4 Å². The minimum atomic E-state index is -4.32. The fourth-order valence-corrected chi connectivity index (χ4v) is 6.17. The number of esters is 1. The predicted molar refractivity (Wildman–Crippen MR) is 153 cm³/mol. The van der Waals surface area contributed by atoms with Crippen LogP contribution in [0.15, 0.2) is 59.5 Å². The molecular formula is C27H34N3O9PS. The fourth-order valence-electron chi connectivity index (χ4n) is 4.39. The summed E-state index contributed by atoms with van der Waals surface area (Å²) in [5.74, 6) is -0.404. The summed E-state index contributed by atoms with van der Waals surface area (Å²) in [6, 6.07) is 12.6. The third-order valence-corrected chi connectivity index (χ3v) is 8.63. The van der Waals surface area contributed by atoms with Crippen LogP contribution in [0.3, 0.4) is 0 Å². The molecule has 4 N–H and O–H groups in total. The zero-order chi connectivity index (χ0) is 29.8. The van der Waals surface area contributed by atoms with Crippen LogP contribution in [0.1, 0.15) is 39.8 Å². The Morgan fingerprint density at radius 1 is 1.27 bits per heavy atom. The van der Waals surface area contributed by atoms with Crippen molar-refractivity contribution >= 4 is 36.7 Å². The average molecular weight is 608 g/mol. The van der Waals surface area contributed by atoms with E-state index in [-0.39, 0.29) is 17.1 Å². The van der Waals surface area contributed by atoms with Crippen molar-refractivity contribution in [1.29, 1.82) is 0 Å². The number of rotatable bonds is 12. The molecule has 0 amide bonds.